The monoisotopic (exact) mass is 519 g/mol. The third-order valence-electron chi connectivity index (χ3n) is 6.07. The van der Waals surface area contributed by atoms with Crippen LogP contribution in [-0.2, 0) is 0 Å². The molecule has 1 fully saturated rings. The second kappa shape index (κ2) is 12.3. The second-order valence-electron chi connectivity index (χ2n) is 8.51. The molecule has 37 heavy (non-hydrogen) atoms. The van der Waals surface area contributed by atoms with Crippen molar-refractivity contribution in [1.82, 2.24) is 24.3 Å². The van der Waals surface area contributed by atoms with Crippen LogP contribution in [0.2, 0.25) is 5.02 Å². The van der Waals surface area contributed by atoms with Crippen LogP contribution >= 0.6 is 11.6 Å². The van der Waals surface area contributed by atoms with Gasteiger partial charge in [-0.05, 0) is 56.8 Å². The Hall–Kier alpha value is -3.95. The lowest BCUT2D eigenvalue weighted by atomic mass is 10.2. The summed E-state index contributed by atoms with van der Waals surface area (Å²) in [6.07, 6.45) is 10.9. The highest BCUT2D eigenvalue weighted by Crippen LogP contribution is 2.23. The summed E-state index contributed by atoms with van der Waals surface area (Å²) in [5.74, 6) is -0.357. The van der Waals surface area contributed by atoms with Crippen LogP contribution in [0.25, 0.3) is 22.6 Å². The molecule has 0 saturated carbocycles. The van der Waals surface area contributed by atoms with E-state index in [0.29, 0.717) is 45.1 Å². The molecule has 4 aromatic rings. The Morgan fingerprint density at radius 1 is 1.27 bits per heavy atom. The maximum atomic E-state index is 12.8. The number of allylic oxidation sites excluding steroid dienone is 1. The molecule has 190 valence electrons. The van der Waals surface area contributed by atoms with Crippen LogP contribution in [0.1, 0.15) is 29.0 Å². The van der Waals surface area contributed by atoms with Gasteiger partial charge in [0.2, 0.25) is 0 Å². The molecule has 0 aromatic carbocycles. The van der Waals surface area contributed by atoms with Gasteiger partial charge in [0, 0.05) is 47.5 Å². The number of nitrogens with zero attached hydrogens (tertiary/aromatic N) is 6. The Morgan fingerprint density at radius 3 is 2.78 bits per heavy atom. The highest BCUT2D eigenvalue weighted by Gasteiger charge is 2.19. The Morgan fingerprint density at radius 2 is 2.14 bits per heavy atom. The number of aliphatic imine (C=N–C) groups is 1. The van der Waals surface area contributed by atoms with Crippen molar-refractivity contribution in [1.29, 1.82) is 0 Å². The minimum absolute atomic E-state index is 0.357. The van der Waals surface area contributed by atoms with Crippen molar-refractivity contribution < 1.29 is 9.18 Å². The quantitative estimate of drug-likeness (QED) is 0.296. The van der Waals surface area contributed by atoms with E-state index in [2.05, 4.69) is 31.9 Å². The summed E-state index contributed by atoms with van der Waals surface area (Å²) >= 11 is 5.91. The maximum absolute atomic E-state index is 12.8. The summed E-state index contributed by atoms with van der Waals surface area (Å²) in [6.45, 7) is 1.90. The SMILES string of the molecule is CN1CCCC1CN=C/C(=C\N)c1ccc(F)cn1.O=Cc1c(-c2ccccn2)nc2cc(Cl)ccn12. The molecule has 0 radical (unpaired) electrons. The maximum Gasteiger partial charge on any atom is 0.169 e. The van der Waals surface area contributed by atoms with Gasteiger partial charge in [0.15, 0.2) is 6.29 Å². The zero-order valence-corrected chi connectivity index (χ0v) is 21.1. The molecule has 0 aliphatic carbocycles. The van der Waals surface area contributed by atoms with Crippen LogP contribution < -0.4 is 5.73 Å². The summed E-state index contributed by atoms with van der Waals surface area (Å²) in [5, 5.41) is 0.581. The molecule has 1 atom stereocenters. The van der Waals surface area contributed by atoms with Crippen LogP contribution in [-0.4, -0.2) is 62.9 Å². The fraction of sp³-hybridized carbons (Fsp3) is 0.222. The molecule has 0 spiro atoms. The van der Waals surface area contributed by atoms with Crippen molar-refractivity contribution in [3.05, 3.63) is 89.5 Å². The van der Waals surface area contributed by atoms with E-state index in [9.17, 15) is 9.18 Å². The highest BCUT2D eigenvalue weighted by molar-refractivity contribution is 6.30. The van der Waals surface area contributed by atoms with Crippen LogP contribution in [0.4, 0.5) is 4.39 Å². The van der Waals surface area contributed by atoms with Crippen molar-refractivity contribution in [3.8, 4) is 11.4 Å². The molecule has 5 heterocycles. The molecule has 1 unspecified atom stereocenters. The zero-order valence-electron chi connectivity index (χ0n) is 20.3. The average Bonchev–Trinajstić information content (AvgIpc) is 3.50. The van der Waals surface area contributed by atoms with E-state index in [1.807, 2.05) is 18.2 Å². The van der Waals surface area contributed by atoms with E-state index >= 15 is 0 Å². The number of hydrogen-bond donors (Lipinski definition) is 1. The fourth-order valence-electron chi connectivity index (χ4n) is 4.07. The first-order valence-electron chi connectivity index (χ1n) is 11.8. The summed E-state index contributed by atoms with van der Waals surface area (Å²) < 4.78 is 14.5. The molecule has 10 heteroatoms. The summed E-state index contributed by atoms with van der Waals surface area (Å²) in [4.78, 5) is 30.6. The summed E-state index contributed by atoms with van der Waals surface area (Å²) in [7, 11) is 2.12. The van der Waals surface area contributed by atoms with Crippen molar-refractivity contribution in [2.75, 3.05) is 20.1 Å². The van der Waals surface area contributed by atoms with E-state index in [1.54, 1.807) is 41.2 Å². The number of nitrogens with two attached hydrogens (primary N) is 1. The van der Waals surface area contributed by atoms with Crippen LogP contribution in [0, 0.1) is 5.82 Å². The lowest BCUT2D eigenvalue weighted by Crippen LogP contribution is -2.27. The molecule has 4 aromatic heterocycles. The molecule has 2 N–H and O–H groups in total. The average molecular weight is 520 g/mol. The van der Waals surface area contributed by atoms with Crippen LogP contribution in [0.5, 0.6) is 0 Å². The van der Waals surface area contributed by atoms with Crippen molar-refractivity contribution in [3.63, 3.8) is 0 Å². The predicted molar refractivity (Wildman–Crippen MR) is 144 cm³/mol. The van der Waals surface area contributed by atoms with Crippen LogP contribution in [0.3, 0.4) is 0 Å². The fourth-order valence-corrected chi connectivity index (χ4v) is 4.22. The van der Waals surface area contributed by atoms with Gasteiger partial charge in [-0.15, -0.1) is 0 Å². The molecule has 0 bridgehead atoms. The van der Waals surface area contributed by atoms with E-state index in [0.717, 1.165) is 19.4 Å². The third kappa shape index (κ3) is 6.44. The van der Waals surface area contributed by atoms with Crippen molar-refractivity contribution in [2.45, 2.75) is 18.9 Å². The smallest absolute Gasteiger partial charge is 0.169 e. The number of carbonyl (C=O) groups excluding carboxylic acids is 1. The first-order chi connectivity index (χ1) is 18.0. The number of likely N-dealkylation sites (N-methyl/N-ethyl adjacent to an activating group) is 1. The van der Waals surface area contributed by atoms with E-state index in [-0.39, 0.29) is 5.82 Å². The minimum Gasteiger partial charge on any atom is -0.404 e. The standard InChI is InChI=1S/C14H19FN4.C13H8ClN3O/c1-19-6-2-3-13(19)10-17-8-11(7-16)14-5-4-12(15)9-18-14;14-9-4-6-17-11(8-18)13(16-12(17)7-9)10-3-1-2-5-15-10/h4-5,7-9,13H,2-3,6,10,16H2,1H3;1-8H/b11-7+,17-8?;. The Balaban J connectivity index is 0.000000173. The van der Waals surface area contributed by atoms with Gasteiger partial charge in [-0.2, -0.15) is 0 Å². The number of likely N-dealkylation sites (tertiary alicyclic amines) is 1. The molecular weight excluding hydrogens is 493 g/mol. The largest absolute Gasteiger partial charge is 0.404 e. The van der Waals surface area contributed by atoms with Gasteiger partial charge in [-0.25, -0.2) is 9.37 Å². The van der Waals surface area contributed by atoms with Gasteiger partial charge in [0.1, 0.15) is 22.9 Å². The molecule has 1 aliphatic heterocycles. The predicted octanol–water partition coefficient (Wildman–Crippen LogP) is 4.55. The van der Waals surface area contributed by atoms with Gasteiger partial charge in [0.25, 0.3) is 0 Å². The second-order valence-corrected chi connectivity index (χ2v) is 8.94. The van der Waals surface area contributed by atoms with Crippen molar-refractivity contribution in [2.24, 2.45) is 10.7 Å². The van der Waals surface area contributed by atoms with Gasteiger partial charge in [0.05, 0.1) is 24.1 Å². The number of pyridine rings is 3. The topological polar surface area (TPSA) is 102 Å². The summed E-state index contributed by atoms with van der Waals surface area (Å²) in [5.41, 5.74) is 9.24. The summed E-state index contributed by atoms with van der Waals surface area (Å²) in [6, 6.07) is 12.4. The number of hydrogen-bond acceptors (Lipinski definition) is 7. The van der Waals surface area contributed by atoms with E-state index in [1.165, 1.54) is 31.3 Å². The molecule has 0 amide bonds. The van der Waals surface area contributed by atoms with E-state index in [4.69, 9.17) is 17.3 Å². The Labute approximate surface area is 219 Å². The Kier molecular flexibility index (Phi) is 8.71. The molecule has 5 rings (SSSR count). The highest BCUT2D eigenvalue weighted by atomic mass is 35.5. The number of fused-ring (bicyclic) bond motifs is 1. The first kappa shape index (κ1) is 26.1. The number of aldehydes is 1. The van der Waals surface area contributed by atoms with Crippen molar-refractivity contribution >= 4 is 35.3 Å². The minimum atomic E-state index is -0.357. The number of carbonyl (C=O) groups is 1. The molecular formula is C27H27ClFN7O. The number of imidazole rings is 1. The lowest BCUT2D eigenvalue weighted by Gasteiger charge is -2.16. The normalized spacial score (nSPS) is 16.2. The van der Waals surface area contributed by atoms with Gasteiger partial charge in [-0.3, -0.25) is 24.2 Å². The number of halogens is 2. The molecule has 1 aliphatic rings. The first-order valence-corrected chi connectivity index (χ1v) is 12.2. The zero-order chi connectivity index (χ0) is 26.2. The number of aromatic nitrogens is 4. The van der Waals surface area contributed by atoms with Gasteiger partial charge in [-0.1, -0.05) is 17.7 Å². The van der Waals surface area contributed by atoms with Crippen LogP contribution in [0.15, 0.2) is 72.2 Å². The number of rotatable bonds is 6. The molecule has 1 saturated heterocycles. The molecule has 8 nitrogen and oxygen atoms in total. The third-order valence-corrected chi connectivity index (χ3v) is 6.30. The van der Waals surface area contributed by atoms with Gasteiger partial charge < -0.3 is 10.6 Å². The van der Waals surface area contributed by atoms with Gasteiger partial charge >= 0.3 is 0 Å². The Bertz CT molecular complexity index is 1400. The lowest BCUT2D eigenvalue weighted by molar-refractivity contribution is 0.111. The van der Waals surface area contributed by atoms with E-state index < -0.39 is 0 Å².